The van der Waals surface area contributed by atoms with Gasteiger partial charge in [0.15, 0.2) is 0 Å². The second-order valence-corrected chi connectivity index (χ2v) is 3.56. The van der Waals surface area contributed by atoms with Crippen LogP contribution in [-0.4, -0.2) is 48.1 Å². The molecule has 94 valence electrons. The van der Waals surface area contributed by atoms with Gasteiger partial charge in [0, 0.05) is 26.1 Å². The molecule has 5 nitrogen and oxygen atoms in total. The Bertz CT molecular complexity index is 215. The van der Waals surface area contributed by atoms with Crippen molar-refractivity contribution in [1.82, 2.24) is 10.2 Å². The van der Waals surface area contributed by atoms with Crippen LogP contribution in [0.5, 0.6) is 0 Å². The van der Waals surface area contributed by atoms with Gasteiger partial charge < -0.3 is 15.3 Å². The Labute approximate surface area is 96.8 Å². The zero-order chi connectivity index (χ0) is 12.4. The fraction of sp³-hybridized carbons (Fsp3) is 0.818. The predicted octanol–water partition coefficient (Wildman–Crippen LogP) is 0.699. The topological polar surface area (TPSA) is 69.6 Å². The lowest BCUT2D eigenvalue weighted by atomic mass is 10.2. The van der Waals surface area contributed by atoms with Crippen LogP contribution in [0.25, 0.3) is 0 Å². The van der Waals surface area contributed by atoms with Gasteiger partial charge in [-0.1, -0.05) is 0 Å². The molecular formula is C11H22N2O3. The maximum absolute atomic E-state index is 11.6. The molecule has 5 heteroatoms. The van der Waals surface area contributed by atoms with E-state index in [9.17, 15) is 9.59 Å². The number of carbonyl (C=O) groups is 2. The number of nitrogens with zero attached hydrogens (tertiary/aromatic N) is 1. The van der Waals surface area contributed by atoms with Crippen LogP contribution in [0.1, 0.15) is 33.1 Å². The summed E-state index contributed by atoms with van der Waals surface area (Å²) in [6.45, 7) is 6.59. The molecule has 0 heterocycles. The predicted molar refractivity (Wildman–Crippen MR) is 62.3 cm³/mol. The number of aliphatic carboxylic acids is 1. The standard InChI is InChI=1S/C11H22N2O3/c1-3-13(4-2)10(14)6-5-8-12-9-7-11(15)16/h12H,3-9H2,1-2H3,(H,15,16). The van der Waals surface area contributed by atoms with E-state index < -0.39 is 5.97 Å². The van der Waals surface area contributed by atoms with Gasteiger partial charge in [-0.2, -0.15) is 0 Å². The Morgan fingerprint density at radius 2 is 1.75 bits per heavy atom. The Morgan fingerprint density at radius 1 is 1.12 bits per heavy atom. The van der Waals surface area contributed by atoms with Crippen molar-refractivity contribution in [3.8, 4) is 0 Å². The minimum absolute atomic E-state index is 0.129. The summed E-state index contributed by atoms with van der Waals surface area (Å²) in [5.74, 6) is -0.628. The highest BCUT2D eigenvalue weighted by atomic mass is 16.4. The van der Waals surface area contributed by atoms with Gasteiger partial charge in [-0.05, 0) is 26.8 Å². The molecule has 0 saturated heterocycles. The molecule has 0 atom stereocenters. The zero-order valence-electron chi connectivity index (χ0n) is 10.2. The maximum atomic E-state index is 11.6. The van der Waals surface area contributed by atoms with Gasteiger partial charge in [0.1, 0.15) is 0 Å². The third-order valence-electron chi connectivity index (χ3n) is 2.38. The van der Waals surface area contributed by atoms with E-state index in [1.165, 1.54) is 0 Å². The minimum Gasteiger partial charge on any atom is -0.481 e. The van der Waals surface area contributed by atoms with Crippen LogP contribution in [0.15, 0.2) is 0 Å². The van der Waals surface area contributed by atoms with Crippen molar-refractivity contribution < 1.29 is 14.7 Å². The lowest BCUT2D eigenvalue weighted by Crippen LogP contribution is -2.31. The summed E-state index contributed by atoms with van der Waals surface area (Å²) in [6, 6.07) is 0. The molecule has 0 saturated carbocycles. The molecule has 0 rings (SSSR count). The van der Waals surface area contributed by atoms with Crippen molar-refractivity contribution in [2.24, 2.45) is 0 Å². The number of carbonyl (C=O) groups excluding carboxylic acids is 1. The van der Waals surface area contributed by atoms with E-state index in [-0.39, 0.29) is 12.3 Å². The zero-order valence-corrected chi connectivity index (χ0v) is 10.2. The highest BCUT2D eigenvalue weighted by molar-refractivity contribution is 5.76. The number of hydrogen-bond donors (Lipinski definition) is 2. The molecule has 0 aliphatic carbocycles. The van der Waals surface area contributed by atoms with Crippen LogP contribution >= 0.6 is 0 Å². The molecule has 0 unspecified atom stereocenters. The van der Waals surface area contributed by atoms with E-state index in [4.69, 9.17) is 5.11 Å². The van der Waals surface area contributed by atoms with Gasteiger partial charge in [-0.25, -0.2) is 0 Å². The van der Waals surface area contributed by atoms with Crippen LogP contribution in [0.2, 0.25) is 0 Å². The van der Waals surface area contributed by atoms with Crippen LogP contribution in [0.3, 0.4) is 0 Å². The lowest BCUT2D eigenvalue weighted by molar-refractivity contribution is -0.137. The first-order chi connectivity index (χ1) is 7.61. The van der Waals surface area contributed by atoms with Crippen molar-refractivity contribution in [3.63, 3.8) is 0 Å². The summed E-state index contributed by atoms with van der Waals surface area (Å²) in [4.78, 5) is 23.6. The average Bonchev–Trinajstić information content (AvgIpc) is 2.24. The first-order valence-electron chi connectivity index (χ1n) is 5.82. The SMILES string of the molecule is CCN(CC)C(=O)CCCNCCC(=O)O. The third-order valence-corrected chi connectivity index (χ3v) is 2.38. The Morgan fingerprint density at radius 3 is 2.25 bits per heavy atom. The fourth-order valence-corrected chi connectivity index (χ4v) is 1.42. The number of carboxylic acids is 1. The molecule has 0 radical (unpaired) electrons. The summed E-state index contributed by atoms with van der Waals surface area (Å²) in [6.07, 6.45) is 1.42. The van der Waals surface area contributed by atoms with Crippen molar-refractivity contribution >= 4 is 11.9 Å². The average molecular weight is 230 g/mol. The highest BCUT2D eigenvalue weighted by Crippen LogP contribution is 1.96. The minimum atomic E-state index is -0.799. The molecule has 0 spiro atoms. The molecule has 0 aliphatic heterocycles. The van der Waals surface area contributed by atoms with E-state index in [0.717, 1.165) is 19.5 Å². The van der Waals surface area contributed by atoms with E-state index >= 15 is 0 Å². The fourth-order valence-electron chi connectivity index (χ4n) is 1.42. The van der Waals surface area contributed by atoms with Crippen LogP contribution in [-0.2, 0) is 9.59 Å². The number of rotatable bonds is 9. The maximum Gasteiger partial charge on any atom is 0.304 e. The summed E-state index contributed by atoms with van der Waals surface area (Å²) in [7, 11) is 0. The first-order valence-corrected chi connectivity index (χ1v) is 5.82. The second kappa shape index (κ2) is 9.15. The smallest absolute Gasteiger partial charge is 0.304 e. The van der Waals surface area contributed by atoms with Crippen molar-refractivity contribution in [2.45, 2.75) is 33.1 Å². The molecule has 0 aromatic heterocycles. The molecular weight excluding hydrogens is 208 g/mol. The largest absolute Gasteiger partial charge is 0.481 e. The number of amides is 1. The molecule has 0 aromatic carbocycles. The summed E-state index contributed by atoms with van der Waals surface area (Å²) < 4.78 is 0. The number of nitrogens with one attached hydrogen (secondary N) is 1. The summed E-state index contributed by atoms with van der Waals surface area (Å²) in [5.41, 5.74) is 0. The summed E-state index contributed by atoms with van der Waals surface area (Å²) in [5, 5.41) is 11.4. The van der Waals surface area contributed by atoms with E-state index in [1.54, 1.807) is 4.90 Å². The Kier molecular flexibility index (Phi) is 8.52. The molecule has 2 N–H and O–H groups in total. The second-order valence-electron chi connectivity index (χ2n) is 3.56. The van der Waals surface area contributed by atoms with Crippen LogP contribution in [0, 0.1) is 0 Å². The van der Waals surface area contributed by atoms with Crippen molar-refractivity contribution in [1.29, 1.82) is 0 Å². The Balaban J connectivity index is 3.44. The van der Waals surface area contributed by atoms with Crippen LogP contribution in [0.4, 0.5) is 0 Å². The van der Waals surface area contributed by atoms with Gasteiger partial charge >= 0.3 is 5.97 Å². The van der Waals surface area contributed by atoms with E-state index in [0.29, 0.717) is 19.5 Å². The van der Waals surface area contributed by atoms with Crippen molar-refractivity contribution in [2.75, 3.05) is 26.2 Å². The summed E-state index contributed by atoms with van der Waals surface area (Å²) >= 11 is 0. The van der Waals surface area contributed by atoms with Gasteiger partial charge in [0.05, 0.1) is 6.42 Å². The lowest BCUT2D eigenvalue weighted by Gasteiger charge is -2.18. The first kappa shape index (κ1) is 14.9. The van der Waals surface area contributed by atoms with Crippen LogP contribution < -0.4 is 5.32 Å². The van der Waals surface area contributed by atoms with Gasteiger partial charge in [0.2, 0.25) is 5.91 Å². The van der Waals surface area contributed by atoms with Crippen molar-refractivity contribution in [3.05, 3.63) is 0 Å². The molecule has 0 fully saturated rings. The quantitative estimate of drug-likeness (QED) is 0.572. The highest BCUT2D eigenvalue weighted by Gasteiger charge is 2.08. The van der Waals surface area contributed by atoms with Gasteiger partial charge in [-0.15, -0.1) is 0 Å². The van der Waals surface area contributed by atoms with Gasteiger partial charge in [0.25, 0.3) is 0 Å². The molecule has 0 aromatic rings. The Hall–Kier alpha value is -1.10. The normalized spacial score (nSPS) is 10.1. The third kappa shape index (κ3) is 7.23. The van der Waals surface area contributed by atoms with E-state index in [2.05, 4.69) is 5.32 Å². The molecule has 16 heavy (non-hydrogen) atoms. The molecule has 1 amide bonds. The van der Waals surface area contributed by atoms with Gasteiger partial charge in [-0.3, -0.25) is 9.59 Å². The number of carboxylic acid groups (broad SMARTS) is 1. The molecule has 0 aliphatic rings. The number of hydrogen-bond acceptors (Lipinski definition) is 3. The van der Waals surface area contributed by atoms with E-state index in [1.807, 2.05) is 13.8 Å². The molecule has 0 bridgehead atoms. The monoisotopic (exact) mass is 230 g/mol.